The van der Waals surface area contributed by atoms with Crippen LogP contribution in [-0.4, -0.2) is 68.9 Å². The average molecular weight is 411 g/mol. The van der Waals surface area contributed by atoms with E-state index in [1.54, 1.807) is 0 Å². The van der Waals surface area contributed by atoms with Crippen molar-refractivity contribution in [1.29, 1.82) is 0 Å². The Morgan fingerprint density at radius 2 is 1.69 bits per heavy atom. The number of hydrogen-bond donors (Lipinski definition) is 8. The van der Waals surface area contributed by atoms with Gasteiger partial charge in [0.05, 0.1) is 6.10 Å². The lowest BCUT2D eigenvalue weighted by Crippen LogP contribution is -2.54. The summed E-state index contributed by atoms with van der Waals surface area (Å²) >= 11 is 0. The van der Waals surface area contributed by atoms with Crippen molar-refractivity contribution in [2.75, 3.05) is 6.54 Å². The average Bonchev–Trinajstić information content (AvgIpc) is 2.60. The highest BCUT2D eigenvalue weighted by molar-refractivity contribution is 5.98. The Balaban J connectivity index is 2.96. The molecular formula is C17H25N5O7. The van der Waals surface area contributed by atoms with Crippen molar-refractivity contribution in [3.8, 4) is 11.5 Å². The number of aromatic hydroxyl groups is 2. The van der Waals surface area contributed by atoms with Crippen molar-refractivity contribution >= 4 is 23.7 Å². The molecule has 1 rings (SSSR count). The molecule has 29 heavy (non-hydrogen) atoms. The molecule has 160 valence electrons. The third-order valence-corrected chi connectivity index (χ3v) is 3.78. The number of aliphatic carboxylic acids is 1. The summed E-state index contributed by atoms with van der Waals surface area (Å²) in [4.78, 5) is 39.9. The Bertz CT molecular complexity index is 757. The number of phenolic OH excluding ortho intramolecular Hbond substituents is 2. The van der Waals surface area contributed by atoms with E-state index in [4.69, 9.17) is 16.6 Å². The maximum atomic E-state index is 12.5. The van der Waals surface area contributed by atoms with Crippen molar-refractivity contribution in [2.24, 2.45) is 16.5 Å². The molecule has 0 radical (unpaired) electrons. The molecule has 0 aliphatic carbocycles. The minimum absolute atomic E-state index is 0.0469. The molecule has 0 aliphatic heterocycles. The molecule has 0 spiro atoms. The van der Waals surface area contributed by atoms with Gasteiger partial charge in [0.25, 0.3) is 5.91 Å². The Morgan fingerprint density at radius 3 is 2.17 bits per heavy atom. The van der Waals surface area contributed by atoms with E-state index in [2.05, 4.69) is 15.6 Å². The van der Waals surface area contributed by atoms with Crippen LogP contribution in [-0.2, 0) is 9.59 Å². The van der Waals surface area contributed by atoms with Crippen LogP contribution < -0.4 is 22.1 Å². The number of rotatable bonds is 10. The molecule has 1 unspecified atom stereocenters. The number of amides is 2. The number of aliphatic hydroxyl groups excluding tert-OH is 1. The van der Waals surface area contributed by atoms with Gasteiger partial charge in [-0.05, 0) is 31.9 Å². The number of carbonyl (C=O) groups is 3. The van der Waals surface area contributed by atoms with E-state index in [1.165, 1.54) is 6.92 Å². The van der Waals surface area contributed by atoms with E-state index in [-0.39, 0.29) is 42.4 Å². The van der Waals surface area contributed by atoms with Gasteiger partial charge in [0.15, 0.2) is 12.0 Å². The lowest BCUT2D eigenvalue weighted by molar-refractivity contribution is -0.145. The Kier molecular flexibility index (Phi) is 8.68. The van der Waals surface area contributed by atoms with E-state index >= 15 is 0 Å². The summed E-state index contributed by atoms with van der Waals surface area (Å²) in [6, 6.07) is 0.417. The van der Waals surface area contributed by atoms with Crippen molar-refractivity contribution in [2.45, 2.75) is 38.0 Å². The first-order valence-electron chi connectivity index (χ1n) is 8.61. The van der Waals surface area contributed by atoms with Crippen LogP contribution in [0.15, 0.2) is 23.2 Å². The normalized spacial score (nSPS) is 13.6. The highest BCUT2D eigenvalue weighted by Gasteiger charge is 2.29. The molecule has 0 bridgehead atoms. The predicted molar refractivity (Wildman–Crippen MR) is 102 cm³/mol. The Morgan fingerprint density at radius 1 is 1.10 bits per heavy atom. The monoisotopic (exact) mass is 411 g/mol. The molecular weight excluding hydrogens is 386 g/mol. The summed E-state index contributed by atoms with van der Waals surface area (Å²) in [5.74, 6) is -3.95. The zero-order chi connectivity index (χ0) is 22.1. The van der Waals surface area contributed by atoms with Crippen molar-refractivity contribution in [3.63, 3.8) is 0 Å². The number of nitrogens with zero attached hydrogens (tertiary/aromatic N) is 1. The lowest BCUT2D eigenvalue weighted by Gasteiger charge is -2.22. The highest BCUT2D eigenvalue weighted by atomic mass is 16.4. The maximum absolute atomic E-state index is 12.5. The van der Waals surface area contributed by atoms with Gasteiger partial charge in [-0.15, -0.1) is 0 Å². The fourth-order valence-corrected chi connectivity index (χ4v) is 2.38. The summed E-state index contributed by atoms with van der Waals surface area (Å²) < 4.78 is 0. The van der Waals surface area contributed by atoms with Gasteiger partial charge in [0, 0.05) is 18.2 Å². The zero-order valence-electron chi connectivity index (χ0n) is 15.7. The first-order chi connectivity index (χ1) is 13.5. The predicted octanol–water partition coefficient (Wildman–Crippen LogP) is -1.80. The van der Waals surface area contributed by atoms with Crippen molar-refractivity contribution in [1.82, 2.24) is 10.6 Å². The quantitative estimate of drug-likeness (QED) is 0.123. The number of carboxylic acid groups (broad SMARTS) is 1. The maximum Gasteiger partial charge on any atom is 0.328 e. The van der Waals surface area contributed by atoms with Crippen LogP contribution in [0, 0.1) is 0 Å². The highest BCUT2D eigenvalue weighted by Crippen LogP contribution is 2.20. The number of aliphatic hydroxyl groups is 1. The van der Waals surface area contributed by atoms with Gasteiger partial charge in [-0.25, -0.2) is 4.79 Å². The summed E-state index contributed by atoms with van der Waals surface area (Å²) in [6.45, 7) is 1.36. The molecule has 0 aromatic heterocycles. The number of nitrogens with two attached hydrogens (primary N) is 2. The van der Waals surface area contributed by atoms with Crippen molar-refractivity contribution < 1.29 is 34.8 Å². The second kappa shape index (κ2) is 10.7. The molecule has 0 heterocycles. The number of carbonyl (C=O) groups excluding carboxylic acids is 2. The fourth-order valence-electron chi connectivity index (χ4n) is 2.38. The van der Waals surface area contributed by atoms with Crippen LogP contribution in [0.2, 0.25) is 0 Å². The third-order valence-electron chi connectivity index (χ3n) is 3.78. The minimum atomic E-state index is -1.58. The molecule has 0 fully saturated rings. The molecule has 0 saturated heterocycles. The van der Waals surface area contributed by atoms with Crippen LogP contribution in [0.1, 0.15) is 30.1 Å². The van der Waals surface area contributed by atoms with Gasteiger partial charge in [-0.2, -0.15) is 0 Å². The Hall–Kier alpha value is -3.54. The number of nitrogens with one attached hydrogen (secondary N) is 2. The topological polar surface area (TPSA) is 221 Å². The third kappa shape index (κ3) is 7.92. The molecule has 0 saturated carbocycles. The first-order valence-corrected chi connectivity index (χ1v) is 8.61. The number of hydrogen-bond acceptors (Lipinski definition) is 7. The van der Waals surface area contributed by atoms with Gasteiger partial charge in [0.1, 0.15) is 17.5 Å². The Labute approximate surface area is 166 Å². The minimum Gasteiger partial charge on any atom is -0.508 e. The molecule has 0 aliphatic rings. The molecule has 10 N–H and O–H groups in total. The summed E-state index contributed by atoms with van der Waals surface area (Å²) in [5.41, 5.74) is 10.3. The first kappa shape index (κ1) is 23.5. The van der Waals surface area contributed by atoms with Crippen LogP contribution in [0.25, 0.3) is 0 Å². The van der Waals surface area contributed by atoms with Crippen molar-refractivity contribution in [3.05, 3.63) is 23.8 Å². The van der Waals surface area contributed by atoms with Gasteiger partial charge < -0.3 is 42.5 Å². The lowest BCUT2D eigenvalue weighted by atomic mass is 10.1. The van der Waals surface area contributed by atoms with Gasteiger partial charge in [-0.3, -0.25) is 14.6 Å². The zero-order valence-corrected chi connectivity index (χ0v) is 15.7. The fraction of sp³-hybridized carbons (Fsp3) is 0.412. The van der Waals surface area contributed by atoms with Crippen LogP contribution >= 0.6 is 0 Å². The van der Waals surface area contributed by atoms with Gasteiger partial charge in [-0.1, -0.05) is 0 Å². The second-order valence-electron chi connectivity index (χ2n) is 6.28. The largest absolute Gasteiger partial charge is 0.508 e. The summed E-state index contributed by atoms with van der Waals surface area (Å²) in [6.07, 6.45) is -1.06. The number of benzene rings is 1. The molecule has 1 aromatic carbocycles. The summed E-state index contributed by atoms with van der Waals surface area (Å²) in [7, 11) is 0. The van der Waals surface area contributed by atoms with E-state index < -0.39 is 36.0 Å². The SMILES string of the molecule is CC(O)[C@H](NC(=O)[C@H](CCCN=C(N)N)NC(=O)c1cc(O)cc(O)c1)C(=O)O. The number of carboxylic acids is 1. The second-order valence-corrected chi connectivity index (χ2v) is 6.28. The number of guanidine groups is 1. The van der Waals surface area contributed by atoms with Crippen LogP contribution in [0.3, 0.4) is 0 Å². The standard InChI is InChI=1S/C17H25N5O7/c1-8(23)13(16(28)29)22-15(27)12(3-2-4-20-17(18)19)21-14(26)9-5-10(24)7-11(25)6-9/h5-8,12-13,23-25H,2-4H2,1H3,(H,21,26)(H,22,27)(H,28,29)(H4,18,19,20)/t8?,12-,13-/m0/s1. The van der Waals surface area contributed by atoms with E-state index in [0.717, 1.165) is 18.2 Å². The van der Waals surface area contributed by atoms with E-state index in [0.29, 0.717) is 0 Å². The molecule has 1 aromatic rings. The van der Waals surface area contributed by atoms with Gasteiger partial charge >= 0.3 is 5.97 Å². The molecule has 12 nitrogen and oxygen atoms in total. The molecule has 3 atom stereocenters. The van der Waals surface area contributed by atoms with E-state index in [1.807, 2.05) is 0 Å². The molecule has 2 amide bonds. The number of phenols is 2. The smallest absolute Gasteiger partial charge is 0.328 e. The van der Waals surface area contributed by atoms with Crippen LogP contribution in [0.5, 0.6) is 11.5 Å². The summed E-state index contributed by atoms with van der Waals surface area (Å²) in [5, 5.41) is 42.2. The van der Waals surface area contributed by atoms with Crippen LogP contribution in [0.4, 0.5) is 0 Å². The van der Waals surface area contributed by atoms with Gasteiger partial charge in [0.2, 0.25) is 5.91 Å². The molecule has 12 heteroatoms. The van der Waals surface area contributed by atoms with E-state index in [9.17, 15) is 29.7 Å². The number of aliphatic imine (C=N–C) groups is 1.